The zero-order valence-corrected chi connectivity index (χ0v) is 17.2. The van der Waals surface area contributed by atoms with E-state index in [0.29, 0.717) is 0 Å². The number of hydrogen-bond acceptors (Lipinski definition) is 4. The summed E-state index contributed by atoms with van der Waals surface area (Å²) in [6, 6.07) is 27.6. The van der Waals surface area contributed by atoms with Gasteiger partial charge in [-0.25, -0.2) is 0 Å². The van der Waals surface area contributed by atoms with Gasteiger partial charge in [0.05, 0.1) is 17.1 Å². The molecule has 1 aliphatic rings. The van der Waals surface area contributed by atoms with E-state index in [1.165, 1.54) is 0 Å². The molecule has 6 heteroatoms. The Morgan fingerprint density at radius 2 is 1.47 bits per heavy atom. The van der Waals surface area contributed by atoms with Gasteiger partial charge in [-0.1, -0.05) is 72.8 Å². The van der Waals surface area contributed by atoms with Crippen LogP contribution >= 0.6 is 0 Å². The van der Waals surface area contributed by atoms with Crippen LogP contribution in [0.5, 0.6) is 5.88 Å². The Bertz CT molecular complexity index is 1300. The molecule has 5 nitrogen and oxygen atoms in total. The molecule has 2 heterocycles. The van der Waals surface area contributed by atoms with Gasteiger partial charge < -0.3 is 4.18 Å². The minimum Gasteiger partial charge on any atom is -0.361 e. The second-order valence-electron chi connectivity index (χ2n) is 7.40. The van der Waals surface area contributed by atoms with Gasteiger partial charge in [-0.2, -0.15) is 18.2 Å². The smallest absolute Gasteiger partial charge is 0.311 e. The van der Waals surface area contributed by atoms with Crippen LogP contribution in [0.4, 0.5) is 0 Å². The molecule has 5 rings (SSSR count). The molecule has 0 radical (unpaired) electrons. The third-order valence-electron chi connectivity index (χ3n) is 5.41. The van der Waals surface area contributed by atoms with Crippen LogP contribution in [0.15, 0.2) is 84.9 Å². The zero-order chi connectivity index (χ0) is 20.7. The Kier molecular flexibility index (Phi) is 4.44. The number of rotatable bonds is 3. The van der Waals surface area contributed by atoms with E-state index in [4.69, 9.17) is 4.18 Å². The summed E-state index contributed by atoms with van der Waals surface area (Å²) in [5, 5.41) is 4.60. The van der Waals surface area contributed by atoms with Crippen molar-refractivity contribution in [2.24, 2.45) is 0 Å². The number of hydrogen-bond donors (Lipinski definition) is 0. The SMILES string of the molecule is Cc1nn(-c2ccccc2)c2c1C(c1ccc(-c3ccccc3)cc1)CS(=O)(=O)O2. The quantitative estimate of drug-likeness (QED) is 0.454. The molecule has 1 aliphatic heterocycles. The van der Waals surface area contributed by atoms with Gasteiger partial charge in [0, 0.05) is 11.5 Å². The summed E-state index contributed by atoms with van der Waals surface area (Å²) in [7, 11) is -3.73. The van der Waals surface area contributed by atoms with Crippen molar-refractivity contribution in [1.82, 2.24) is 9.78 Å². The average Bonchev–Trinajstić information content (AvgIpc) is 3.09. The van der Waals surface area contributed by atoms with Crippen LogP contribution in [-0.2, 0) is 10.1 Å². The molecule has 0 fully saturated rings. The molecule has 1 atom stereocenters. The molecule has 0 aliphatic carbocycles. The fourth-order valence-electron chi connectivity index (χ4n) is 3.99. The van der Waals surface area contributed by atoms with Crippen molar-refractivity contribution in [2.45, 2.75) is 12.8 Å². The third kappa shape index (κ3) is 3.29. The zero-order valence-electron chi connectivity index (χ0n) is 16.4. The normalized spacial score (nSPS) is 17.2. The summed E-state index contributed by atoms with van der Waals surface area (Å²) in [5.41, 5.74) is 5.49. The van der Waals surface area contributed by atoms with E-state index in [1.807, 2.05) is 79.7 Å². The van der Waals surface area contributed by atoms with Gasteiger partial charge in [-0.3, -0.25) is 0 Å². The first-order valence-corrected chi connectivity index (χ1v) is 11.3. The molecule has 1 unspecified atom stereocenters. The van der Waals surface area contributed by atoms with Crippen LogP contribution in [0.3, 0.4) is 0 Å². The molecule has 0 amide bonds. The molecule has 3 aromatic carbocycles. The lowest BCUT2D eigenvalue weighted by Gasteiger charge is -2.24. The fourth-order valence-corrected chi connectivity index (χ4v) is 5.22. The first kappa shape index (κ1) is 18.6. The summed E-state index contributed by atoms with van der Waals surface area (Å²) in [5.74, 6) is -0.158. The molecule has 0 spiro atoms. The van der Waals surface area contributed by atoms with E-state index in [9.17, 15) is 8.42 Å². The van der Waals surface area contributed by atoms with Gasteiger partial charge in [0.1, 0.15) is 0 Å². The second kappa shape index (κ2) is 7.15. The van der Waals surface area contributed by atoms with Crippen LogP contribution < -0.4 is 4.18 Å². The fraction of sp³-hybridized carbons (Fsp3) is 0.125. The second-order valence-corrected chi connectivity index (χ2v) is 9.02. The largest absolute Gasteiger partial charge is 0.361 e. The first-order valence-electron chi connectivity index (χ1n) is 9.74. The van der Waals surface area contributed by atoms with Crippen molar-refractivity contribution in [2.75, 3.05) is 5.75 Å². The van der Waals surface area contributed by atoms with Crippen LogP contribution in [-0.4, -0.2) is 24.0 Å². The molecule has 1 aromatic heterocycles. The Morgan fingerprint density at radius 3 is 2.13 bits per heavy atom. The van der Waals surface area contributed by atoms with Gasteiger partial charge in [-0.15, -0.1) is 0 Å². The summed E-state index contributed by atoms with van der Waals surface area (Å²) < 4.78 is 32.2. The van der Waals surface area contributed by atoms with Gasteiger partial charge in [-0.05, 0) is 35.7 Å². The minimum absolute atomic E-state index is 0.105. The minimum atomic E-state index is -3.73. The van der Waals surface area contributed by atoms with E-state index in [2.05, 4.69) is 17.2 Å². The lowest BCUT2D eigenvalue weighted by molar-refractivity contribution is 0.446. The standard InChI is InChI=1S/C24H20N2O3S/c1-17-23-22(20-14-12-19(13-15-20)18-8-4-2-5-9-18)16-30(27,28)29-24(23)26(25-17)21-10-6-3-7-11-21/h2-15,22H,16H2,1H3. The Hall–Kier alpha value is -3.38. The topological polar surface area (TPSA) is 61.2 Å². The average molecular weight is 417 g/mol. The van der Waals surface area contributed by atoms with Gasteiger partial charge in [0.2, 0.25) is 5.88 Å². The first-order chi connectivity index (χ1) is 14.5. The number of aromatic nitrogens is 2. The highest BCUT2D eigenvalue weighted by atomic mass is 32.2. The van der Waals surface area contributed by atoms with E-state index in [0.717, 1.165) is 33.6 Å². The maximum Gasteiger partial charge on any atom is 0.311 e. The van der Waals surface area contributed by atoms with E-state index < -0.39 is 10.1 Å². The summed E-state index contributed by atoms with van der Waals surface area (Å²) in [4.78, 5) is 0. The summed E-state index contributed by atoms with van der Waals surface area (Å²) in [6.07, 6.45) is 0. The molecular weight excluding hydrogens is 396 g/mol. The molecule has 0 N–H and O–H groups in total. The Labute approximate surface area is 175 Å². The van der Waals surface area contributed by atoms with Gasteiger partial charge >= 0.3 is 10.1 Å². The van der Waals surface area contributed by atoms with Crippen LogP contribution in [0.1, 0.15) is 22.7 Å². The lowest BCUT2D eigenvalue weighted by atomic mass is 9.91. The highest BCUT2D eigenvalue weighted by Gasteiger charge is 2.37. The number of nitrogens with zero attached hydrogens (tertiary/aromatic N) is 2. The van der Waals surface area contributed by atoms with Crippen LogP contribution in [0.2, 0.25) is 0 Å². The van der Waals surface area contributed by atoms with Crippen molar-refractivity contribution < 1.29 is 12.6 Å². The highest BCUT2D eigenvalue weighted by Crippen LogP contribution is 2.41. The van der Waals surface area contributed by atoms with E-state index in [1.54, 1.807) is 4.68 Å². The van der Waals surface area contributed by atoms with Gasteiger partial charge in [0.25, 0.3) is 0 Å². The van der Waals surface area contributed by atoms with Crippen molar-refractivity contribution in [3.05, 3.63) is 102 Å². The molecule has 0 saturated heterocycles. The van der Waals surface area contributed by atoms with Crippen LogP contribution in [0, 0.1) is 6.92 Å². The number of fused-ring (bicyclic) bond motifs is 1. The van der Waals surface area contributed by atoms with Crippen molar-refractivity contribution in [1.29, 1.82) is 0 Å². The number of para-hydroxylation sites is 1. The molecular formula is C24H20N2O3S. The van der Waals surface area contributed by atoms with Crippen molar-refractivity contribution in [3.63, 3.8) is 0 Å². The number of aryl methyl sites for hydroxylation is 1. The predicted octanol–water partition coefficient (Wildman–Crippen LogP) is 4.70. The Morgan fingerprint density at radius 1 is 0.867 bits per heavy atom. The lowest BCUT2D eigenvalue weighted by Crippen LogP contribution is -2.27. The third-order valence-corrected chi connectivity index (χ3v) is 6.56. The highest BCUT2D eigenvalue weighted by molar-refractivity contribution is 7.87. The number of benzene rings is 3. The molecule has 150 valence electrons. The van der Waals surface area contributed by atoms with Crippen molar-refractivity contribution in [3.8, 4) is 22.7 Å². The van der Waals surface area contributed by atoms with Gasteiger partial charge in [0.15, 0.2) is 0 Å². The molecule has 0 saturated carbocycles. The summed E-state index contributed by atoms with van der Waals surface area (Å²) >= 11 is 0. The maximum atomic E-state index is 12.6. The summed E-state index contributed by atoms with van der Waals surface area (Å²) in [6.45, 7) is 1.89. The van der Waals surface area contributed by atoms with Crippen molar-refractivity contribution >= 4 is 10.1 Å². The molecule has 4 aromatic rings. The maximum absolute atomic E-state index is 12.6. The van der Waals surface area contributed by atoms with E-state index >= 15 is 0 Å². The predicted molar refractivity (Wildman–Crippen MR) is 116 cm³/mol. The molecule has 30 heavy (non-hydrogen) atoms. The molecule has 0 bridgehead atoms. The van der Waals surface area contributed by atoms with Crippen LogP contribution in [0.25, 0.3) is 16.8 Å². The van der Waals surface area contributed by atoms with E-state index in [-0.39, 0.29) is 17.6 Å². The Balaban J connectivity index is 1.60. The monoisotopic (exact) mass is 416 g/mol.